The Bertz CT molecular complexity index is 903. The van der Waals surface area contributed by atoms with Crippen LogP contribution in [0.2, 0.25) is 0 Å². The molecule has 0 unspecified atom stereocenters. The average Bonchev–Trinajstić information content (AvgIpc) is 2.52. The number of carbonyl (C=O) groups excluding carboxylic acids is 1. The molecule has 2 amide bonds. The van der Waals surface area contributed by atoms with Crippen molar-refractivity contribution < 1.29 is 26.4 Å². The lowest BCUT2D eigenvalue weighted by atomic mass is 10.1. The number of anilines is 1. The number of aryl methyl sites for hydroxylation is 2. The van der Waals surface area contributed by atoms with Gasteiger partial charge in [0.25, 0.3) is 10.0 Å². The van der Waals surface area contributed by atoms with Gasteiger partial charge < -0.3 is 0 Å². The number of amides is 2. The summed E-state index contributed by atoms with van der Waals surface area (Å²) in [7, 11) is -4.39. The van der Waals surface area contributed by atoms with Crippen LogP contribution in [0.1, 0.15) is 17.8 Å². The van der Waals surface area contributed by atoms with Crippen molar-refractivity contribution in [2.75, 3.05) is 5.32 Å². The lowest BCUT2D eigenvalue weighted by Crippen LogP contribution is -2.35. The number of urea groups is 1. The van der Waals surface area contributed by atoms with Gasteiger partial charge in [0.1, 0.15) is 12.2 Å². The highest BCUT2D eigenvalue weighted by Crippen LogP contribution is 2.25. The number of aromatic nitrogens is 3. The number of halogens is 3. The molecule has 1 heterocycles. The van der Waals surface area contributed by atoms with Crippen LogP contribution >= 0.6 is 0 Å². The summed E-state index contributed by atoms with van der Waals surface area (Å²) in [6.07, 6.45) is -5.03. The molecule has 8 nitrogen and oxygen atoms in total. The monoisotopic (exact) mass is 389 g/mol. The second-order valence-corrected chi connectivity index (χ2v) is 6.79. The van der Waals surface area contributed by atoms with Gasteiger partial charge in [-0.05, 0) is 25.0 Å². The Hall–Kier alpha value is -2.76. The maximum atomic E-state index is 12.4. The van der Waals surface area contributed by atoms with Gasteiger partial charge in [0.05, 0.1) is 4.90 Å². The van der Waals surface area contributed by atoms with Crippen molar-refractivity contribution in [1.82, 2.24) is 19.7 Å². The van der Waals surface area contributed by atoms with Crippen molar-refractivity contribution in [3.8, 4) is 0 Å². The van der Waals surface area contributed by atoms with E-state index in [9.17, 15) is 26.4 Å². The zero-order valence-corrected chi connectivity index (χ0v) is 14.2. The summed E-state index contributed by atoms with van der Waals surface area (Å²) < 4.78 is 63.6. The minimum absolute atomic E-state index is 0.0545. The number of benzene rings is 1. The molecule has 0 aliphatic carbocycles. The van der Waals surface area contributed by atoms with E-state index in [4.69, 9.17) is 0 Å². The standard InChI is InChI=1S/C14H14F3N5O3S/c1-9-18-8-19-12(20-9)21-13(23)22-26(24,25)11-5-3-2-4-10(11)6-7-14(15,16)17/h2-5,8H,6-7H2,1H3,(H2,18,19,20,21,22,23). The molecular weight excluding hydrogens is 375 g/mol. The molecular formula is C14H14F3N5O3S. The van der Waals surface area contributed by atoms with Gasteiger partial charge in [0, 0.05) is 6.42 Å². The van der Waals surface area contributed by atoms with Crippen LogP contribution in [0.15, 0.2) is 35.5 Å². The van der Waals surface area contributed by atoms with E-state index in [0.29, 0.717) is 5.82 Å². The highest BCUT2D eigenvalue weighted by Gasteiger charge is 2.28. The second kappa shape index (κ2) is 7.64. The van der Waals surface area contributed by atoms with Crippen LogP contribution in [0.25, 0.3) is 0 Å². The fraction of sp³-hybridized carbons (Fsp3) is 0.286. The molecule has 0 aliphatic rings. The summed E-state index contributed by atoms with van der Waals surface area (Å²) in [5, 5.41) is 2.11. The van der Waals surface area contributed by atoms with Crippen LogP contribution in [0.3, 0.4) is 0 Å². The van der Waals surface area contributed by atoms with E-state index in [-0.39, 0.29) is 11.5 Å². The van der Waals surface area contributed by atoms with Crippen LogP contribution in [-0.4, -0.2) is 35.6 Å². The fourth-order valence-corrected chi connectivity index (χ4v) is 3.17. The normalized spacial score (nSPS) is 11.8. The summed E-state index contributed by atoms with van der Waals surface area (Å²) >= 11 is 0. The lowest BCUT2D eigenvalue weighted by molar-refractivity contribution is -0.134. The molecule has 1 aromatic heterocycles. The molecule has 2 aromatic rings. The maximum absolute atomic E-state index is 12.4. The molecule has 0 bridgehead atoms. The van der Waals surface area contributed by atoms with Gasteiger partial charge >= 0.3 is 12.2 Å². The van der Waals surface area contributed by atoms with E-state index in [1.165, 1.54) is 18.2 Å². The van der Waals surface area contributed by atoms with Gasteiger partial charge in [-0.3, -0.25) is 5.32 Å². The van der Waals surface area contributed by atoms with E-state index < -0.39 is 40.0 Å². The zero-order valence-electron chi connectivity index (χ0n) is 13.4. The van der Waals surface area contributed by atoms with E-state index in [1.54, 1.807) is 11.6 Å². The quantitative estimate of drug-likeness (QED) is 0.810. The Labute approximate surface area is 146 Å². The number of nitrogens with zero attached hydrogens (tertiary/aromatic N) is 3. The Morgan fingerprint density at radius 3 is 2.54 bits per heavy atom. The van der Waals surface area contributed by atoms with Gasteiger partial charge in [-0.2, -0.15) is 18.2 Å². The van der Waals surface area contributed by atoms with Crippen molar-refractivity contribution in [3.05, 3.63) is 42.0 Å². The molecule has 12 heteroatoms. The Morgan fingerprint density at radius 1 is 1.19 bits per heavy atom. The fourth-order valence-electron chi connectivity index (χ4n) is 1.99. The van der Waals surface area contributed by atoms with Crippen LogP contribution < -0.4 is 10.0 Å². The Balaban J connectivity index is 2.15. The number of carbonyl (C=O) groups is 1. The first-order chi connectivity index (χ1) is 12.1. The lowest BCUT2D eigenvalue weighted by Gasteiger charge is -2.12. The Kier molecular flexibility index (Phi) is 5.75. The summed E-state index contributed by atoms with van der Waals surface area (Å²) in [6, 6.07) is 3.99. The number of sulfonamides is 1. The summed E-state index contributed by atoms with van der Waals surface area (Å²) in [5.41, 5.74) is -0.0545. The zero-order chi connectivity index (χ0) is 19.4. The minimum Gasteiger partial charge on any atom is -0.275 e. The molecule has 1 aromatic carbocycles. The van der Waals surface area contributed by atoms with E-state index >= 15 is 0 Å². The number of nitrogens with one attached hydrogen (secondary N) is 2. The molecule has 0 atom stereocenters. The molecule has 0 radical (unpaired) electrons. The molecule has 0 fully saturated rings. The third kappa shape index (κ3) is 5.65. The van der Waals surface area contributed by atoms with Gasteiger partial charge in [-0.25, -0.2) is 27.9 Å². The first kappa shape index (κ1) is 19.6. The molecule has 0 aliphatic heterocycles. The van der Waals surface area contributed by atoms with Gasteiger partial charge in [-0.15, -0.1) is 0 Å². The van der Waals surface area contributed by atoms with Crippen molar-refractivity contribution in [2.24, 2.45) is 0 Å². The van der Waals surface area contributed by atoms with Crippen LogP contribution in [0.4, 0.5) is 23.9 Å². The molecule has 2 rings (SSSR count). The van der Waals surface area contributed by atoms with Crippen molar-refractivity contribution in [3.63, 3.8) is 0 Å². The largest absolute Gasteiger partial charge is 0.389 e. The maximum Gasteiger partial charge on any atom is 0.389 e. The predicted molar refractivity (Wildman–Crippen MR) is 84.7 cm³/mol. The molecule has 140 valence electrons. The SMILES string of the molecule is Cc1ncnc(NC(=O)NS(=O)(=O)c2ccccc2CCC(F)(F)F)n1. The first-order valence-corrected chi connectivity index (χ1v) is 8.69. The molecule has 2 N–H and O–H groups in total. The van der Waals surface area contributed by atoms with Crippen LogP contribution in [0, 0.1) is 6.92 Å². The van der Waals surface area contributed by atoms with Gasteiger partial charge in [-0.1, -0.05) is 18.2 Å². The number of hydrogen-bond donors (Lipinski definition) is 2. The number of hydrogen-bond acceptors (Lipinski definition) is 6. The molecule has 0 spiro atoms. The van der Waals surface area contributed by atoms with Gasteiger partial charge in [0.15, 0.2) is 0 Å². The average molecular weight is 389 g/mol. The number of rotatable bonds is 5. The highest BCUT2D eigenvalue weighted by atomic mass is 32.2. The number of alkyl halides is 3. The smallest absolute Gasteiger partial charge is 0.275 e. The van der Waals surface area contributed by atoms with Crippen LogP contribution in [0.5, 0.6) is 0 Å². The van der Waals surface area contributed by atoms with Crippen molar-refractivity contribution >= 4 is 22.0 Å². The Morgan fingerprint density at radius 2 is 1.88 bits per heavy atom. The topological polar surface area (TPSA) is 114 Å². The first-order valence-electron chi connectivity index (χ1n) is 7.21. The third-order valence-electron chi connectivity index (χ3n) is 3.08. The molecule has 0 saturated carbocycles. The predicted octanol–water partition coefficient (Wildman–Crippen LogP) is 2.19. The van der Waals surface area contributed by atoms with E-state index in [2.05, 4.69) is 20.3 Å². The summed E-state index contributed by atoms with van der Waals surface area (Å²) in [6.45, 7) is 1.54. The minimum atomic E-state index is -4.43. The second-order valence-electron chi connectivity index (χ2n) is 5.14. The van der Waals surface area contributed by atoms with Crippen molar-refractivity contribution in [2.45, 2.75) is 30.8 Å². The van der Waals surface area contributed by atoms with Gasteiger partial charge in [0.2, 0.25) is 5.95 Å². The van der Waals surface area contributed by atoms with Crippen molar-refractivity contribution in [1.29, 1.82) is 0 Å². The van der Waals surface area contributed by atoms with E-state index in [0.717, 1.165) is 12.4 Å². The highest BCUT2D eigenvalue weighted by molar-refractivity contribution is 7.90. The molecule has 26 heavy (non-hydrogen) atoms. The summed E-state index contributed by atoms with van der Waals surface area (Å²) in [4.78, 5) is 22.6. The van der Waals surface area contributed by atoms with Crippen LogP contribution in [-0.2, 0) is 16.4 Å². The molecule has 0 saturated heterocycles. The third-order valence-corrected chi connectivity index (χ3v) is 4.52. The summed E-state index contributed by atoms with van der Waals surface area (Å²) in [5.74, 6) is 0.131. The van der Waals surface area contributed by atoms with E-state index in [1.807, 2.05) is 0 Å².